The van der Waals surface area contributed by atoms with Gasteiger partial charge in [-0.15, -0.1) is 0 Å². The average Bonchev–Trinajstić information content (AvgIpc) is 2.33. The number of hydrogen-bond donors (Lipinski definition) is 1. The van der Waals surface area contributed by atoms with Gasteiger partial charge in [-0.2, -0.15) is 13.2 Å². The van der Waals surface area contributed by atoms with Gasteiger partial charge in [0.1, 0.15) is 0 Å². The van der Waals surface area contributed by atoms with Crippen LogP contribution >= 0.6 is 0 Å². The van der Waals surface area contributed by atoms with Gasteiger partial charge in [-0.25, -0.2) is 4.79 Å². The van der Waals surface area contributed by atoms with Gasteiger partial charge in [0.15, 0.2) is 0 Å². The van der Waals surface area contributed by atoms with Crippen LogP contribution in [0.1, 0.15) is 46.3 Å². The molecule has 1 aliphatic rings. The highest BCUT2D eigenvalue weighted by Gasteiger charge is 2.41. The summed E-state index contributed by atoms with van der Waals surface area (Å²) < 4.78 is 43.7. The fourth-order valence-corrected chi connectivity index (χ4v) is 2.40. The summed E-state index contributed by atoms with van der Waals surface area (Å²) in [5, 5.41) is 10.2. The van der Waals surface area contributed by atoms with Crippen molar-refractivity contribution in [2.24, 2.45) is 0 Å². The zero-order valence-electron chi connectivity index (χ0n) is 11.2. The molecule has 0 heterocycles. The molecule has 1 saturated carbocycles. The number of carbonyl (C=O) groups excluding carboxylic acids is 1. The number of alkyl halides is 3. The Bertz CT molecular complexity index is 545. The molecule has 0 amide bonds. The van der Waals surface area contributed by atoms with E-state index in [1.807, 2.05) is 0 Å². The summed E-state index contributed by atoms with van der Waals surface area (Å²) in [5.74, 6) is -0.835. The fraction of sp³-hybridized carbons (Fsp3) is 0.500. The fourth-order valence-electron chi connectivity index (χ4n) is 2.40. The lowest BCUT2D eigenvalue weighted by molar-refractivity contribution is -0.138. The van der Waals surface area contributed by atoms with Crippen molar-refractivity contribution in [2.75, 3.05) is 7.11 Å². The van der Waals surface area contributed by atoms with Gasteiger partial charge in [-0.3, -0.25) is 0 Å². The Hall–Kier alpha value is -1.56. The van der Waals surface area contributed by atoms with Crippen molar-refractivity contribution >= 4 is 5.97 Å². The van der Waals surface area contributed by atoms with E-state index in [0.717, 1.165) is 19.6 Å². The third kappa shape index (κ3) is 2.40. The number of benzene rings is 1. The topological polar surface area (TPSA) is 46.5 Å². The first-order valence-corrected chi connectivity index (χ1v) is 6.22. The summed E-state index contributed by atoms with van der Waals surface area (Å²) in [7, 11) is 1.11. The highest BCUT2D eigenvalue weighted by Crippen LogP contribution is 2.44. The molecule has 110 valence electrons. The molecule has 1 aliphatic carbocycles. The summed E-state index contributed by atoms with van der Waals surface area (Å²) in [5.41, 5.74) is -2.39. The predicted octanol–water partition coefficient (Wildman–Crippen LogP) is 3.17. The molecule has 3 nitrogen and oxygen atoms in total. The number of ether oxygens (including phenoxy) is 1. The highest BCUT2D eigenvalue weighted by atomic mass is 19.4. The van der Waals surface area contributed by atoms with Crippen molar-refractivity contribution in [2.45, 2.75) is 38.0 Å². The molecule has 1 fully saturated rings. The lowest BCUT2D eigenvalue weighted by Crippen LogP contribution is -2.34. The van der Waals surface area contributed by atoms with E-state index in [0.29, 0.717) is 12.8 Å². The molecule has 0 bridgehead atoms. The lowest BCUT2D eigenvalue weighted by atomic mass is 9.74. The van der Waals surface area contributed by atoms with E-state index in [4.69, 9.17) is 0 Å². The van der Waals surface area contributed by atoms with E-state index in [2.05, 4.69) is 4.74 Å². The molecule has 0 unspecified atom stereocenters. The minimum absolute atomic E-state index is 0.127. The van der Waals surface area contributed by atoms with E-state index < -0.39 is 23.3 Å². The molecule has 0 saturated heterocycles. The standard InChI is InChI=1S/C14H15F3O3/c1-8-10(12(18)20-2)6-9(13(19)4-3-5-13)7-11(8)14(15,16)17/h6-7,19H,3-5H2,1-2H3. The number of rotatable bonds is 2. The molecule has 0 aromatic heterocycles. The van der Waals surface area contributed by atoms with Crippen molar-refractivity contribution < 1.29 is 27.8 Å². The summed E-state index contributed by atoms with van der Waals surface area (Å²) in [6, 6.07) is 2.23. The lowest BCUT2D eigenvalue weighted by Gasteiger charge is -2.37. The van der Waals surface area contributed by atoms with Crippen LogP contribution in [-0.4, -0.2) is 18.2 Å². The molecule has 1 aromatic carbocycles. The van der Waals surface area contributed by atoms with Gasteiger partial charge < -0.3 is 9.84 Å². The van der Waals surface area contributed by atoms with Crippen molar-refractivity contribution in [3.8, 4) is 0 Å². The van der Waals surface area contributed by atoms with Crippen LogP contribution in [0.5, 0.6) is 0 Å². The summed E-state index contributed by atoms with van der Waals surface area (Å²) in [4.78, 5) is 11.6. The van der Waals surface area contributed by atoms with Crippen LogP contribution in [0.4, 0.5) is 13.2 Å². The SMILES string of the molecule is COC(=O)c1cc(C2(O)CCC2)cc(C(F)(F)F)c1C. The number of methoxy groups -OCH3 is 1. The Balaban J connectivity index is 2.63. The zero-order valence-corrected chi connectivity index (χ0v) is 11.2. The third-order valence-electron chi connectivity index (χ3n) is 3.84. The van der Waals surface area contributed by atoms with Gasteiger partial charge in [-0.05, 0) is 49.4 Å². The second kappa shape index (κ2) is 4.77. The number of carbonyl (C=O) groups is 1. The van der Waals surface area contributed by atoms with E-state index >= 15 is 0 Å². The molecule has 1 N–H and O–H groups in total. The van der Waals surface area contributed by atoms with E-state index in [-0.39, 0.29) is 16.7 Å². The van der Waals surface area contributed by atoms with Crippen LogP contribution in [0, 0.1) is 6.92 Å². The maximum absolute atomic E-state index is 13.1. The van der Waals surface area contributed by atoms with Crippen molar-refractivity contribution in [1.29, 1.82) is 0 Å². The Labute approximate surface area is 114 Å². The molecular formula is C14H15F3O3. The second-order valence-electron chi connectivity index (χ2n) is 5.07. The molecule has 20 heavy (non-hydrogen) atoms. The Kier molecular flexibility index (Phi) is 3.54. The van der Waals surface area contributed by atoms with E-state index in [1.54, 1.807) is 0 Å². The summed E-state index contributed by atoms with van der Waals surface area (Å²) >= 11 is 0. The Morgan fingerprint density at radius 1 is 1.35 bits per heavy atom. The zero-order chi connectivity index (χ0) is 15.1. The maximum atomic E-state index is 13.1. The Morgan fingerprint density at radius 2 is 1.95 bits per heavy atom. The smallest absolute Gasteiger partial charge is 0.416 e. The first-order valence-electron chi connectivity index (χ1n) is 6.22. The first kappa shape index (κ1) is 14.8. The maximum Gasteiger partial charge on any atom is 0.416 e. The molecule has 6 heteroatoms. The van der Waals surface area contributed by atoms with Gasteiger partial charge in [0.2, 0.25) is 0 Å². The predicted molar refractivity (Wildman–Crippen MR) is 65.3 cm³/mol. The number of esters is 1. The van der Waals surface area contributed by atoms with E-state index in [1.165, 1.54) is 13.0 Å². The molecule has 0 aliphatic heterocycles. The molecular weight excluding hydrogens is 273 g/mol. The number of hydrogen-bond acceptors (Lipinski definition) is 3. The van der Waals surface area contributed by atoms with Crippen molar-refractivity contribution in [3.05, 3.63) is 34.4 Å². The van der Waals surface area contributed by atoms with E-state index in [9.17, 15) is 23.1 Å². The van der Waals surface area contributed by atoms with Crippen LogP contribution in [-0.2, 0) is 16.5 Å². The minimum atomic E-state index is -4.58. The van der Waals surface area contributed by atoms with Crippen LogP contribution in [0.2, 0.25) is 0 Å². The minimum Gasteiger partial charge on any atom is -0.465 e. The van der Waals surface area contributed by atoms with Crippen molar-refractivity contribution in [1.82, 2.24) is 0 Å². The van der Waals surface area contributed by atoms with Gasteiger partial charge in [0, 0.05) is 0 Å². The molecule has 0 spiro atoms. The molecule has 0 atom stereocenters. The summed E-state index contributed by atoms with van der Waals surface area (Å²) in [6.07, 6.45) is -3.04. The van der Waals surface area contributed by atoms with Crippen LogP contribution < -0.4 is 0 Å². The number of halogens is 3. The van der Waals surface area contributed by atoms with Crippen LogP contribution in [0.25, 0.3) is 0 Å². The molecule has 0 radical (unpaired) electrons. The van der Waals surface area contributed by atoms with Gasteiger partial charge in [0.05, 0.1) is 23.8 Å². The number of aliphatic hydroxyl groups is 1. The normalized spacial score (nSPS) is 17.5. The first-order chi connectivity index (χ1) is 9.19. The van der Waals surface area contributed by atoms with Crippen LogP contribution in [0.15, 0.2) is 12.1 Å². The van der Waals surface area contributed by atoms with Gasteiger partial charge in [0.25, 0.3) is 0 Å². The van der Waals surface area contributed by atoms with Crippen LogP contribution in [0.3, 0.4) is 0 Å². The summed E-state index contributed by atoms with van der Waals surface area (Å²) in [6.45, 7) is 1.23. The molecule has 2 rings (SSSR count). The van der Waals surface area contributed by atoms with Gasteiger partial charge in [-0.1, -0.05) is 0 Å². The average molecular weight is 288 g/mol. The largest absolute Gasteiger partial charge is 0.465 e. The monoisotopic (exact) mass is 288 g/mol. The second-order valence-corrected chi connectivity index (χ2v) is 5.07. The quantitative estimate of drug-likeness (QED) is 0.850. The Morgan fingerprint density at radius 3 is 2.35 bits per heavy atom. The van der Waals surface area contributed by atoms with Gasteiger partial charge >= 0.3 is 12.1 Å². The van der Waals surface area contributed by atoms with Crippen molar-refractivity contribution in [3.63, 3.8) is 0 Å². The third-order valence-corrected chi connectivity index (χ3v) is 3.84. The highest BCUT2D eigenvalue weighted by molar-refractivity contribution is 5.91. The molecule has 1 aromatic rings.